The molecule has 21 heteroatoms. The molecule has 2 aliphatic heterocycles. The van der Waals surface area contributed by atoms with Gasteiger partial charge in [0.15, 0.2) is 9.60 Å². The van der Waals surface area contributed by atoms with Gasteiger partial charge in [0.25, 0.3) is 11.8 Å². The SMILES string of the molecule is CCCCn1c(=NC(=O)c2cc(C(F)(F)F)ccc2F)sc2ncccc21.CCCCn1c(=NC(=O)c2cc(C(F)(F)F)ccc2OC[C@@H]2CCCN2C)sc2ncccc21.CN1CCC[C@H]1CO. The van der Waals surface area contributed by atoms with Crippen LogP contribution in [-0.2, 0) is 25.4 Å². The molecule has 8 rings (SSSR count). The van der Waals surface area contributed by atoms with Crippen LogP contribution in [0.4, 0.5) is 30.7 Å². The number of amides is 2. The number of likely N-dealkylation sites (N-methyl/N-ethyl adjacent to an activating group) is 2. The Kier molecular flexibility index (Phi) is 18.4. The van der Waals surface area contributed by atoms with E-state index in [2.05, 4.69) is 43.7 Å². The molecule has 12 nitrogen and oxygen atoms in total. The van der Waals surface area contributed by atoms with Gasteiger partial charge in [0.2, 0.25) is 0 Å². The van der Waals surface area contributed by atoms with Crippen molar-refractivity contribution in [3.63, 3.8) is 0 Å². The zero-order valence-electron chi connectivity index (χ0n) is 38.7. The summed E-state index contributed by atoms with van der Waals surface area (Å²) in [6.45, 7) is 8.00. The van der Waals surface area contributed by atoms with E-state index < -0.39 is 46.7 Å². The molecule has 0 radical (unpaired) electrons. The highest BCUT2D eigenvalue weighted by atomic mass is 32.1. The van der Waals surface area contributed by atoms with Crippen LogP contribution in [0.15, 0.2) is 83.0 Å². The van der Waals surface area contributed by atoms with E-state index >= 15 is 0 Å². The second kappa shape index (κ2) is 24.0. The molecule has 1 N–H and O–H groups in total. The molecule has 0 aliphatic carbocycles. The van der Waals surface area contributed by atoms with Crippen LogP contribution in [0.3, 0.4) is 0 Å². The summed E-state index contributed by atoms with van der Waals surface area (Å²) in [4.78, 5) is 48.7. The maximum absolute atomic E-state index is 14.0. The van der Waals surface area contributed by atoms with Crippen LogP contribution >= 0.6 is 22.7 Å². The lowest BCUT2D eigenvalue weighted by Crippen LogP contribution is -2.30. The van der Waals surface area contributed by atoms with E-state index in [9.17, 15) is 40.3 Å². The Hall–Kier alpha value is -5.35. The van der Waals surface area contributed by atoms with Crippen molar-refractivity contribution >= 4 is 55.2 Å². The van der Waals surface area contributed by atoms with E-state index in [0.717, 1.165) is 90.9 Å². The molecule has 6 heterocycles. The van der Waals surface area contributed by atoms with Gasteiger partial charge in [0.05, 0.1) is 39.9 Å². The number of halogens is 7. The maximum atomic E-state index is 14.0. The normalized spacial score (nSPS) is 17.3. The van der Waals surface area contributed by atoms with Crippen molar-refractivity contribution in [2.75, 3.05) is 40.4 Å². The van der Waals surface area contributed by atoms with Gasteiger partial charge in [-0.3, -0.25) is 9.59 Å². The molecular formula is C48H55F7N8O4S2. The molecule has 4 aromatic heterocycles. The first-order valence-electron chi connectivity index (χ1n) is 22.7. The fourth-order valence-corrected chi connectivity index (χ4v) is 9.79. The zero-order chi connectivity index (χ0) is 49.9. The van der Waals surface area contributed by atoms with Gasteiger partial charge in [-0.15, -0.1) is 0 Å². The van der Waals surface area contributed by atoms with Crippen LogP contribution in [0.5, 0.6) is 5.75 Å². The average Bonchev–Trinajstić information content (AvgIpc) is 4.11. The van der Waals surface area contributed by atoms with Crippen molar-refractivity contribution in [2.24, 2.45) is 9.98 Å². The lowest BCUT2D eigenvalue weighted by atomic mass is 10.1. The third-order valence-corrected chi connectivity index (χ3v) is 13.8. The number of aromatic nitrogens is 4. The second-order valence-corrected chi connectivity index (χ2v) is 18.6. The van der Waals surface area contributed by atoms with E-state index in [1.807, 2.05) is 36.7 Å². The summed E-state index contributed by atoms with van der Waals surface area (Å²) >= 11 is 2.37. The summed E-state index contributed by atoms with van der Waals surface area (Å²) in [5.74, 6) is -2.76. The van der Waals surface area contributed by atoms with E-state index in [4.69, 9.17) is 9.84 Å². The molecule has 372 valence electrons. The Bertz CT molecular complexity index is 2840. The molecule has 2 amide bonds. The number of aliphatic hydroxyl groups is 1. The minimum Gasteiger partial charge on any atom is -0.491 e. The highest BCUT2D eigenvalue weighted by molar-refractivity contribution is 7.16. The van der Waals surface area contributed by atoms with Gasteiger partial charge in [-0.1, -0.05) is 49.4 Å². The molecule has 0 bridgehead atoms. The number of unbranched alkanes of at least 4 members (excludes halogenated alkanes) is 2. The second-order valence-electron chi connectivity index (χ2n) is 16.7. The number of ether oxygens (including phenoxy) is 1. The van der Waals surface area contributed by atoms with Crippen LogP contribution in [0.2, 0.25) is 0 Å². The van der Waals surface area contributed by atoms with Crippen molar-refractivity contribution in [1.29, 1.82) is 0 Å². The topological polar surface area (TPSA) is 130 Å². The van der Waals surface area contributed by atoms with Crippen LogP contribution in [0.1, 0.15) is 97.1 Å². The molecule has 69 heavy (non-hydrogen) atoms. The monoisotopic (exact) mass is 1000 g/mol. The average molecular weight is 1010 g/mol. The van der Waals surface area contributed by atoms with Crippen molar-refractivity contribution in [3.05, 3.63) is 111 Å². The van der Waals surface area contributed by atoms with E-state index in [1.165, 1.54) is 30.2 Å². The summed E-state index contributed by atoms with van der Waals surface area (Å²) in [5.41, 5.74) is -1.29. The first-order chi connectivity index (χ1) is 32.9. The number of thiazole rings is 2. The van der Waals surface area contributed by atoms with Gasteiger partial charge < -0.3 is 28.8 Å². The first-order valence-corrected chi connectivity index (χ1v) is 24.4. The van der Waals surface area contributed by atoms with Crippen molar-refractivity contribution < 1.29 is 50.2 Å². The minimum absolute atomic E-state index is 0.112. The Balaban J connectivity index is 0.000000199. The van der Waals surface area contributed by atoms with E-state index in [0.29, 0.717) is 60.2 Å². The number of aliphatic hydroxyl groups excluding tert-OH is 1. The molecule has 2 atom stereocenters. The standard InChI is InChI=1S/C24H27F3N4O2S.C18H15F4N3OS.C6H13NO/c1-3-4-13-31-19-8-5-11-28-22(19)34-23(31)29-21(32)18-14-16(24(25,26)27)9-10-20(18)33-15-17-7-6-12-30(17)2;1-2-3-9-25-14-5-4-8-23-16(14)27-17(25)24-15(26)12-10-11(18(20,21)22)6-7-13(12)19;1-7-4-2-3-6(7)5-8/h5,8-11,14,17H,3-4,6-7,12-13,15H2,1-2H3;4-8,10H,2-3,9H2,1H3;6,8H,2-5H2,1H3/t17-;;6-/m0.0/s1. The Labute approximate surface area is 402 Å². The summed E-state index contributed by atoms with van der Waals surface area (Å²) in [7, 11) is 4.05. The highest BCUT2D eigenvalue weighted by Gasteiger charge is 2.33. The number of aryl methyl sites for hydroxylation is 2. The number of carbonyl (C=O) groups is 2. The molecule has 0 spiro atoms. The first kappa shape index (κ1) is 53.0. The minimum atomic E-state index is -4.68. The molecule has 2 saturated heterocycles. The van der Waals surface area contributed by atoms with Gasteiger partial charge >= 0.3 is 12.4 Å². The number of nitrogens with zero attached hydrogens (tertiary/aromatic N) is 8. The molecule has 6 aromatic rings. The quantitative estimate of drug-likeness (QED) is 0.120. The fourth-order valence-electron chi connectivity index (χ4n) is 7.80. The summed E-state index contributed by atoms with van der Waals surface area (Å²) in [6.07, 6.45) is 1.94. The molecule has 2 fully saturated rings. The third kappa shape index (κ3) is 13.7. The smallest absolute Gasteiger partial charge is 0.416 e. The van der Waals surface area contributed by atoms with Gasteiger partial charge in [-0.05, 0) is 126 Å². The zero-order valence-corrected chi connectivity index (χ0v) is 40.3. The Morgan fingerprint density at radius 3 is 1.65 bits per heavy atom. The predicted molar refractivity (Wildman–Crippen MR) is 252 cm³/mol. The molecule has 0 saturated carbocycles. The van der Waals surface area contributed by atoms with Gasteiger partial charge in [0.1, 0.15) is 27.8 Å². The number of alkyl halides is 6. The number of carbonyl (C=O) groups excluding carboxylic acids is 2. The Morgan fingerprint density at radius 1 is 0.725 bits per heavy atom. The number of hydrogen-bond acceptors (Lipinski definition) is 10. The number of pyridine rings is 2. The molecule has 0 unspecified atom stereocenters. The highest BCUT2D eigenvalue weighted by Crippen LogP contribution is 2.34. The van der Waals surface area contributed by atoms with Gasteiger partial charge in [-0.2, -0.15) is 36.3 Å². The number of fused-ring (bicyclic) bond motifs is 2. The van der Waals surface area contributed by atoms with Crippen molar-refractivity contribution in [3.8, 4) is 5.75 Å². The number of hydrogen-bond donors (Lipinski definition) is 1. The van der Waals surface area contributed by atoms with Crippen LogP contribution in [0.25, 0.3) is 20.7 Å². The van der Waals surface area contributed by atoms with Crippen molar-refractivity contribution in [2.45, 2.75) is 103 Å². The van der Waals surface area contributed by atoms with Crippen LogP contribution in [0, 0.1) is 5.82 Å². The maximum Gasteiger partial charge on any atom is 0.416 e. The van der Waals surface area contributed by atoms with Gasteiger partial charge in [-0.25, -0.2) is 14.4 Å². The van der Waals surface area contributed by atoms with Gasteiger partial charge in [0, 0.05) is 37.6 Å². The molecule has 2 aromatic carbocycles. The summed E-state index contributed by atoms with van der Waals surface area (Å²) < 4.78 is 102. The molecule has 2 aliphatic rings. The fraction of sp³-hybridized carbons (Fsp3) is 0.458. The molecular weight excluding hydrogens is 950 g/mol. The van der Waals surface area contributed by atoms with Crippen LogP contribution < -0.4 is 14.3 Å². The number of likely N-dealkylation sites (tertiary alicyclic amines) is 2. The predicted octanol–water partition coefficient (Wildman–Crippen LogP) is 10.0. The van der Waals surface area contributed by atoms with E-state index in [-0.39, 0.29) is 22.2 Å². The summed E-state index contributed by atoms with van der Waals surface area (Å²) in [5, 5.41) is 8.69. The largest absolute Gasteiger partial charge is 0.491 e. The van der Waals surface area contributed by atoms with E-state index in [1.54, 1.807) is 23.0 Å². The van der Waals surface area contributed by atoms with Crippen LogP contribution in [-0.4, -0.2) is 98.3 Å². The lowest BCUT2D eigenvalue weighted by molar-refractivity contribution is -0.138. The Morgan fingerprint density at radius 2 is 1.20 bits per heavy atom. The lowest BCUT2D eigenvalue weighted by Gasteiger charge is -2.20. The third-order valence-electron chi connectivity index (χ3n) is 11.8. The summed E-state index contributed by atoms with van der Waals surface area (Å²) in [6, 6.07) is 12.6. The number of benzene rings is 2. The number of rotatable bonds is 12. The van der Waals surface area contributed by atoms with Crippen molar-refractivity contribution in [1.82, 2.24) is 28.9 Å².